The van der Waals surface area contributed by atoms with Crippen LogP contribution in [0.3, 0.4) is 0 Å². The minimum atomic E-state index is 1.21. The van der Waals surface area contributed by atoms with Crippen LogP contribution in [0.5, 0.6) is 0 Å². The molecule has 0 radical (unpaired) electrons. The molecule has 0 saturated carbocycles. The second-order valence-electron chi connectivity index (χ2n) is 4.84. The summed E-state index contributed by atoms with van der Waals surface area (Å²) in [4.78, 5) is 6.16. The van der Waals surface area contributed by atoms with Gasteiger partial charge in [0, 0.05) is 31.6 Å². The number of aromatic nitrogens is 1. The van der Waals surface area contributed by atoms with Crippen molar-refractivity contribution in [3.63, 3.8) is 0 Å². The molecule has 2 heteroatoms. The van der Waals surface area contributed by atoms with Crippen molar-refractivity contribution in [2.24, 2.45) is 0 Å². The molecule has 106 valence electrons. The molecule has 0 atom stereocenters. The first-order valence-corrected chi connectivity index (χ1v) is 8.20. The van der Waals surface area contributed by atoms with E-state index in [1.807, 2.05) is 25.2 Å². The maximum absolute atomic E-state index is 3.47. The lowest BCUT2D eigenvalue weighted by Crippen LogP contribution is -1.72. The molecule has 4 aromatic rings. The van der Waals surface area contributed by atoms with Crippen LogP contribution in [0.15, 0.2) is 54.6 Å². The van der Waals surface area contributed by atoms with E-state index in [1.54, 1.807) is 0 Å². The Kier molecular flexibility index (Phi) is 3.80. The number of thiophene rings is 1. The van der Waals surface area contributed by atoms with Gasteiger partial charge >= 0.3 is 0 Å². The summed E-state index contributed by atoms with van der Waals surface area (Å²) in [6.07, 6.45) is 0. The highest BCUT2D eigenvalue weighted by Gasteiger charge is 2.06. The second kappa shape index (κ2) is 5.74. The summed E-state index contributed by atoms with van der Waals surface area (Å²) in [5.41, 5.74) is 3.71. The van der Waals surface area contributed by atoms with Crippen molar-refractivity contribution in [1.82, 2.24) is 4.98 Å². The van der Waals surface area contributed by atoms with Crippen LogP contribution >= 0.6 is 11.3 Å². The Morgan fingerprint density at radius 1 is 0.810 bits per heavy atom. The third-order valence-corrected chi connectivity index (χ3v) is 4.58. The van der Waals surface area contributed by atoms with Gasteiger partial charge in [-0.2, -0.15) is 0 Å². The number of nitrogens with one attached hydrogen (secondary N) is 1. The molecule has 2 aromatic carbocycles. The molecule has 0 amide bonds. The molecule has 21 heavy (non-hydrogen) atoms. The highest BCUT2D eigenvalue weighted by Crippen LogP contribution is 2.32. The van der Waals surface area contributed by atoms with Gasteiger partial charge in [-0.15, -0.1) is 11.3 Å². The number of rotatable bonds is 1. The van der Waals surface area contributed by atoms with Gasteiger partial charge in [-0.25, -0.2) is 0 Å². The lowest BCUT2D eigenvalue weighted by atomic mass is 10.1. The van der Waals surface area contributed by atoms with Gasteiger partial charge in [0.15, 0.2) is 0 Å². The minimum absolute atomic E-state index is 1.21. The number of hydrogen-bond donors (Lipinski definition) is 1. The Bertz CT molecular complexity index is 883. The summed E-state index contributed by atoms with van der Waals surface area (Å²) >= 11 is 1.85. The number of benzene rings is 2. The van der Waals surface area contributed by atoms with E-state index < -0.39 is 0 Å². The molecule has 1 nitrogen and oxygen atoms in total. The molecule has 0 aliphatic heterocycles. The van der Waals surface area contributed by atoms with E-state index in [1.165, 1.54) is 37.1 Å². The average Bonchev–Trinajstić information content (AvgIpc) is 3.12. The van der Waals surface area contributed by atoms with Gasteiger partial charge in [0.1, 0.15) is 0 Å². The van der Waals surface area contributed by atoms with E-state index in [-0.39, 0.29) is 0 Å². The Hall–Kier alpha value is -2.06. The summed E-state index contributed by atoms with van der Waals surface area (Å²) < 4.78 is 0. The molecule has 1 N–H and O–H groups in total. The summed E-state index contributed by atoms with van der Waals surface area (Å²) in [6.45, 7) is 6.15. The van der Waals surface area contributed by atoms with Gasteiger partial charge in [-0.3, -0.25) is 0 Å². The Balaban J connectivity index is 0.000000636. The molecule has 0 bridgehead atoms. The number of H-pyrrole nitrogens is 1. The summed E-state index contributed by atoms with van der Waals surface area (Å²) in [6, 6.07) is 19.5. The number of aromatic amines is 1. The highest BCUT2D eigenvalue weighted by atomic mass is 32.1. The zero-order chi connectivity index (χ0) is 14.8. The van der Waals surface area contributed by atoms with Crippen molar-refractivity contribution in [3.8, 4) is 10.4 Å². The van der Waals surface area contributed by atoms with Crippen molar-refractivity contribution in [2.75, 3.05) is 0 Å². The molecule has 4 rings (SSSR count). The number of aryl methyl sites for hydroxylation is 1. The van der Waals surface area contributed by atoms with Crippen LogP contribution in [0.2, 0.25) is 0 Å². The summed E-state index contributed by atoms with van der Waals surface area (Å²) in [7, 11) is 0. The third kappa shape index (κ3) is 2.47. The van der Waals surface area contributed by atoms with Gasteiger partial charge in [-0.1, -0.05) is 38.1 Å². The molecule has 2 aromatic heterocycles. The van der Waals surface area contributed by atoms with E-state index in [4.69, 9.17) is 0 Å². The molecule has 0 fully saturated rings. The lowest BCUT2D eigenvalue weighted by molar-refractivity contribution is 1.50. The third-order valence-electron chi connectivity index (χ3n) is 3.53. The van der Waals surface area contributed by atoms with Gasteiger partial charge in [-0.05, 0) is 42.8 Å². The molecule has 2 heterocycles. The first kappa shape index (κ1) is 13.9. The van der Waals surface area contributed by atoms with Gasteiger partial charge in [0.25, 0.3) is 0 Å². The fourth-order valence-electron chi connectivity index (χ4n) is 2.59. The Labute approximate surface area is 129 Å². The van der Waals surface area contributed by atoms with Crippen LogP contribution < -0.4 is 0 Å². The van der Waals surface area contributed by atoms with Crippen molar-refractivity contribution in [3.05, 3.63) is 59.5 Å². The predicted octanol–water partition coefficient (Wildman–Crippen LogP) is 6.38. The van der Waals surface area contributed by atoms with Crippen LogP contribution in [0, 0.1) is 6.92 Å². The molecule has 0 aliphatic carbocycles. The van der Waals surface area contributed by atoms with E-state index in [0.717, 1.165) is 0 Å². The smallest absolute Gasteiger partial charge is 0.0465 e. The SMILES string of the molecule is CC.Cc1ccc(-c2ccc3[nH]c4ccccc4c3c2)s1. The second-order valence-corrected chi connectivity index (χ2v) is 6.13. The first-order chi connectivity index (χ1) is 10.3. The van der Waals surface area contributed by atoms with E-state index in [0.29, 0.717) is 0 Å². The predicted molar refractivity (Wildman–Crippen MR) is 95.2 cm³/mol. The highest BCUT2D eigenvalue weighted by molar-refractivity contribution is 7.15. The van der Waals surface area contributed by atoms with Crippen LogP contribution in [-0.4, -0.2) is 4.98 Å². The average molecular weight is 293 g/mol. The van der Waals surface area contributed by atoms with Crippen molar-refractivity contribution < 1.29 is 0 Å². The molecular formula is C19H19NS. The zero-order valence-electron chi connectivity index (χ0n) is 12.6. The number of para-hydroxylation sites is 1. The summed E-state index contributed by atoms with van der Waals surface area (Å²) in [5, 5.41) is 2.60. The quantitative estimate of drug-likeness (QED) is 0.419. The molecule has 0 unspecified atom stereocenters. The fraction of sp³-hybridized carbons (Fsp3) is 0.158. The van der Waals surface area contributed by atoms with Crippen LogP contribution in [-0.2, 0) is 0 Å². The maximum Gasteiger partial charge on any atom is 0.0465 e. The van der Waals surface area contributed by atoms with Crippen molar-refractivity contribution >= 4 is 33.1 Å². The summed E-state index contributed by atoms with van der Waals surface area (Å²) in [5.74, 6) is 0. The monoisotopic (exact) mass is 293 g/mol. The standard InChI is InChI=1S/C17H13NS.C2H6/c1-11-6-9-17(19-11)12-7-8-16-14(10-12)13-4-2-3-5-15(13)18-16;1-2/h2-10,18H,1H3;1-2H3. The largest absolute Gasteiger partial charge is 0.355 e. The van der Waals surface area contributed by atoms with Crippen molar-refractivity contribution in [1.29, 1.82) is 0 Å². The lowest BCUT2D eigenvalue weighted by Gasteiger charge is -1.98. The minimum Gasteiger partial charge on any atom is -0.355 e. The first-order valence-electron chi connectivity index (χ1n) is 7.38. The number of hydrogen-bond acceptors (Lipinski definition) is 1. The number of fused-ring (bicyclic) bond motifs is 3. The fourth-order valence-corrected chi connectivity index (χ4v) is 3.45. The van der Waals surface area contributed by atoms with Crippen molar-refractivity contribution in [2.45, 2.75) is 20.8 Å². The molecule has 0 saturated heterocycles. The van der Waals surface area contributed by atoms with Gasteiger partial charge in [0.05, 0.1) is 0 Å². The zero-order valence-corrected chi connectivity index (χ0v) is 13.4. The normalized spacial score (nSPS) is 10.6. The van der Waals surface area contributed by atoms with Gasteiger partial charge < -0.3 is 4.98 Å². The van der Waals surface area contributed by atoms with Crippen LogP contribution in [0.25, 0.3) is 32.2 Å². The topological polar surface area (TPSA) is 15.8 Å². The Morgan fingerprint density at radius 2 is 1.57 bits per heavy atom. The molecular weight excluding hydrogens is 274 g/mol. The van der Waals surface area contributed by atoms with Crippen LogP contribution in [0.4, 0.5) is 0 Å². The maximum atomic E-state index is 3.47. The van der Waals surface area contributed by atoms with E-state index >= 15 is 0 Å². The van der Waals surface area contributed by atoms with E-state index in [2.05, 4.69) is 66.5 Å². The van der Waals surface area contributed by atoms with E-state index in [9.17, 15) is 0 Å². The van der Waals surface area contributed by atoms with Crippen LogP contribution in [0.1, 0.15) is 18.7 Å². The molecule has 0 aliphatic rings. The Morgan fingerprint density at radius 3 is 2.33 bits per heavy atom. The van der Waals surface area contributed by atoms with Gasteiger partial charge in [0.2, 0.25) is 0 Å². The molecule has 0 spiro atoms.